The van der Waals surface area contributed by atoms with Gasteiger partial charge in [0, 0.05) is 0 Å². The average Bonchev–Trinajstić information content (AvgIpc) is 2.03. The van der Waals surface area contributed by atoms with Crippen molar-refractivity contribution in [2.45, 2.75) is 39.0 Å². The Morgan fingerprint density at radius 1 is 1.00 bits per heavy atom. The van der Waals surface area contributed by atoms with Gasteiger partial charge in [-0.2, -0.15) is 0 Å². The van der Waals surface area contributed by atoms with Crippen molar-refractivity contribution in [2.75, 3.05) is 0 Å². The van der Waals surface area contributed by atoms with Crippen LogP contribution < -0.4 is 0 Å². The number of rotatable bonds is 0. The molecule has 0 aromatic heterocycles. The normalized spacial score (nSPS) is 32.6. The van der Waals surface area contributed by atoms with Gasteiger partial charge in [0.05, 0.1) is 0 Å². The molecule has 0 aromatic carbocycles. The fraction of sp³-hybridized carbons (Fsp3) is 0.636. The molecule has 0 heteroatoms. The largest absolute Gasteiger partial charge is 0.0885 e. The zero-order valence-electron chi connectivity index (χ0n) is 7.42. The second-order valence-corrected chi connectivity index (χ2v) is 3.39. The summed E-state index contributed by atoms with van der Waals surface area (Å²) < 4.78 is 0. The minimum atomic E-state index is 0.776. The van der Waals surface area contributed by atoms with E-state index >= 15 is 0 Å². The molecule has 0 nitrogen and oxygen atoms in total. The van der Waals surface area contributed by atoms with Crippen LogP contribution in [0.3, 0.4) is 0 Å². The molecule has 0 spiro atoms. The Kier molecular flexibility index (Phi) is 4.03. The maximum absolute atomic E-state index is 2.36. The lowest BCUT2D eigenvalue weighted by molar-refractivity contribution is 0.649. The fourth-order valence-corrected chi connectivity index (χ4v) is 1.37. The van der Waals surface area contributed by atoms with Crippen LogP contribution >= 0.6 is 0 Å². The molecule has 0 fully saturated rings. The molecule has 1 unspecified atom stereocenters. The van der Waals surface area contributed by atoms with E-state index < -0.39 is 0 Å². The highest BCUT2D eigenvalue weighted by Gasteiger charge is 1.95. The van der Waals surface area contributed by atoms with Crippen molar-refractivity contribution in [1.29, 1.82) is 0 Å². The fourth-order valence-electron chi connectivity index (χ4n) is 1.37. The molecule has 0 aliphatic heterocycles. The van der Waals surface area contributed by atoms with E-state index in [9.17, 15) is 0 Å². The SMILES string of the molecule is CC1/C=C\CCC/C=C\CC1. The summed E-state index contributed by atoms with van der Waals surface area (Å²) in [4.78, 5) is 0. The van der Waals surface area contributed by atoms with Crippen LogP contribution in [0.1, 0.15) is 39.0 Å². The predicted octanol–water partition coefficient (Wildman–Crippen LogP) is 3.70. The molecular weight excluding hydrogens is 132 g/mol. The van der Waals surface area contributed by atoms with Crippen LogP contribution in [0.25, 0.3) is 0 Å². The van der Waals surface area contributed by atoms with Crippen molar-refractivity contribution in [3.63, 3.8) is 0 Å². The van der Waals surface area contributed by atoms with Gasteiger partial charge in [0.1, 0.15) is 0 Å². The van der Waals surface area contributed by atoms with Crippen LogP contribution in [0.15, 0.2) is 24.3 Å². The highest BCUT2D eigenvalue weighted by molar-refractivity contribution is 4.91. The van der Waals surface area contributed by atoms with E-state index in [1.54, 1.807) is 0 Å². The molecular formula is C11H18. The Bertz CT molecular complexity index is 142. The van der Waals surface area contributed by atoms with Gasteiger partial charge in [-0.25, -0.2) is 0 Å². The van der Waals surface area contributed by atoms with E-state index in [1.165, 1.54) is 32.1 Å². The average molecular weight is 150 g/mol. The van der Waals surface area contributed by atoms with E-state index in [-0.39, 0.29) is 0 Å². The van der Waals surface area contributed by atoms with Gasteiger partial charge in [-0.05, 0) is 38.0 Å². The molecule has 0 saturated heterocycles. The first-order valence-electron chi connectivity index (χ1n) is 4.71. The molecule has 1 rings (SSSR count). The van der Waals surface area contributed by atoms with Gasteiger partial charge in [-0.1, -0.05) is 31.2 Å². The Labute approximate surface area is 70.0 Å². The number of hydrogen-bond acceptors (Lipinski definition) is 0. The Morgan fingerprint density at radius 3 is 2.64 bits per heavy atom. The van der Waals surface area contributed by atoms with Crippen molar-refractivity contribution in [2.24, 2.45) is 5.92 Å². The number of hydrogen-bond donors (Lipinski definition) is 0. The van der Waals surface area contributed by atoms with Crippen LogP contribution in [-0.4, -0.2) is 0 Å². The van der Waals surface area contributed by atoms with Gasteiger partial charge in [0.25, 0.3) is 0 Å². The van der Waals surface area contributed by atoms with Gasteiger partial charge in [0.15, 0.2) is 0 Å². The van der Waals surface area contributed by atoms with Crippen LogP contribution in [-0.2, 0) is 0 Å². The van der Waals surface area contributed by atoms with Gasteiger partial charge in [-0.15, -0.1) is 0 Å². The summed E-state index contributed by atoms with van der Waals surface area (Å²) in [5.74, 6) is 0.776. The third-order valence-corrected chi connectivity index (χ3v) is 2.16. The lowest BCUT2D eigenvalue weighted by Crippen LogP contribution is -1.88. The van der Waals surface area contributed by atoms with E-state index in [2.05, 4.69) is 31.2 Å². The van der Waals surface area contributed by atoms with Gasteiger partial charge < -0.3 is 0 Å². The zero-order valence-corrected chi connectivity index (χ0v) is 7.42. The third-order valence-electron chi connectivity index (χ3n) is 2.16. The van der Waals surface area contributed by atoms with Crippen molar-refractivity contribution in [3.8, 4) is 0 Å². The van der Waals surface area contributed by atoms with Crippen molar-refractivity contribution < 1.29 is 0 Å². The topological polar surface area (TPSA) is 0 Å². The van der Waals surface area contributed by atoms with E-state index in [0.717, 1.165) is 5.92 Å². The van der Waals surface area contributed by atoms with Gasteiger partial charge in [0.2, 0.25) is 0 Å². The molecule has 0 N–H and O–H groups in total. The molecule has 0 saturated carbocycles. The van der Waals surface area contributed by atoms with E-state index in [4.69, 9.17) is 0 Å². The summed E-state index contributed by atoms with van der Waals surface area (Å²) in [6, 6.07) is 0. The molecule has 1 aliphatic rings. The molecule has 0 heterocycles. The maximum Gasteiger partial charge on any atom is -0.0259 e. The highest BCUT2D eigenvalue weighted by atomic mass is 14.0. The second-order valence-electron chi connectivity index (χ2n) is 3.39. The van der Waals surface area contributed by atoms with Gasteiger partial charge in [-0.3, -0.25) is 0 Å². The summed E-state index contributed by atoms with van der Waals surface area (Å²) in [5, 5.41) is 0. The zero-order chi connectivity index (χ0) is 7.94. The minimum Gasteiger partial charge on any atom is -0.0885 e. The molecule has 1 atom stereocenters. The monoisotopic (exact) mass is 150 g/mol. The molecule has 11 heavy (non-hydrogen) atoms. The van der Waals surface area contributed by atoms with Crippen LogP contribution in [0, 0.1) is 5.92 Å². The van der Waals surface area contributed by atoms with E-state index in [0.29, 0.717) is 0 Å². The summed E-state index contributed by atoms with van der Waals surface area (Å²) in [7, 11) is 0. The summed E-state index contributed by atoms with van der Waals surface area (Å²) in [5.41, 5.74) is 0. The quantitative estimate of drug-likeness (QED) is 0.462. The lowest BCUT2D eigenvalue weighted by Gasteiger charge is -2.04. The molecule has 62 valence electrons. The van der Waals surface area contributed by atoms with Gasteiger partial charge >= 0.3 is 0 Å². The highest BCUT2D eigenvalue weighted by Crippen LogP contribution is 2.11. The van der Waals surface area contributed by atoms with Crippen LogP contribution in [0.2, 0.25) is 0 Å². The first-order valence-corrected chi connectivity index (χ1v) is 4.71. The first kappa shape index (κ1) is 8.58. The van der Waals surface area contributed by atoms with Crippen molar-refractivity contribution >= 4 is 0 Å². The standard InChI is InChI=1S/C11H18/c1-11-9-7-5-3-2-4-6-8-10-11/h3,5,8,10-11H,2,4,6-7,9H2,1H3/b5-3-,10-8-. The molecule has 0 aromatic rings. The van der Waals surface area contributed by atoms with Crippen molar-refractivity contribution in [3.05, 3.63) is 24.3 Å². The summed E-state index contributed by atoms with van der Waals surface area (Å²) >= 11 is 0. The molecule has 0 amide bonds. The first-order chi connectivity index (χ1) is 5.39. The third kappa shape index (κ3) is 4.02. The smallest absolute Gasteiger partial charge is 0.0259 e. The van der Waals surface area contributed by atoms with Crippen molar-refractivity contribution in [1.82, 2.24) is 0 Å². The maximum atomic E-state index is 2.36. The summed E-state index contributed by atoms with van der Waals surface area (Å²) in [6.07, 6.45) is 15.8. The molecule has 1 aliphatic carbocycles. The van der Waals surface area contributed by atoms with Crippen LogP contribution in [0.4, 0.5) is 0 Å². The predicted molar refractivity (Wildman–Crippen MR) is 50.5 cm³/mol. The Morgan fingerprint density at radius 2 is 1.73 bits per heavy atom. The molecule has 0 radical (unpaired) electrons. The number of allylic oxidation sites excluding steroid dienone is 4. The minimum absolute atomic E-state index is 0.776. The molecule has 0 bridgehead atoms. The van der Waals surface area contributed by atoms with Crippen LogP contribution in [0.5, 0.6) is 0 Å². The Hall–Kier alpha value is -0.520. The van der Waals surface area contributed by atoms with E-state index in [1.807, 2.05) is 0 Å². The summed E-state index contributed by atoms with van der Waals surface area (Å²) in [6.45, 7) is 2.30. The Balaban J connectivity index is 2.34. The second kappa shape index (κ2) is 5.17. The lowest BCUT2D eigenvalue weighted by atomic mass is 10.0.